The normalized spacial score (nSPS) is 13.1. The SMILES string of the molecule is CC(C)CN(CC(O)C(=O)O)C(=O)NC(CC(=O)O)c1ccccc1F. The molecule has 26 heavy (non-hydrogen) atoms. The minimum atomic E-state index is -1.79. The van der Waals surface area contributed by atoms with E-state index in [4.69, 9.17) is 10.2 Å². The predicted molar refractivity (Wildman–Crippen MR) is 90.0 cm³/mol. The summed E-state index contributed by atoms with van der Waals surface area (Å²) in [4.78, 5) is 35.5. The summed E-state index contributed by atoms with van der Waals surface area (Å²) in [6.45, 7) is 3.24. The van der Waals surface area contributed by atoms with Crippen molar-refractivity contribution in [1.82, 2.24) is 10.2 Å². The van der Waals surface area contributed by atoms with Crippen molar-refractivity contribution in [3.63, 3.8) is 0 Å². The van der Waals surface area contributed by atoms with Crippen LogP contribution in [-0.4, -0.2) is 57.4 Å². The Balaban J connectivity index is 3.01. The lowest BCUT2D eigenvalue weighted by atomic mass is 10.0. The van der Waals surface area contributed by atoms with Crippen LogP contribution in [0.2, 0.25) is 0 Å². The number of carbonyl (C=O) groups is 3. The molecule has 2 unspecified atom stereocenters. The molecule has 0 aliphatic heterocycles. The highest BCUT2D eigenvalue weighted by Crippen LogP contribution is 2.20. The average molecular weight is 370 g/mol. The molecule has 0 saturated heterocycles. The maximum Gasteiger partial charge on any atom is 0.334 e. The number of carboxylic acid groups (broad SMARTS) is 2. The maximum absolute atomic E-state index is 14.0. The first-order chi connectivity index (χ1) is 12.1. The summed E-state index contributed by atoms with van der Waals surface area (Å²) in [7, 11) is 0. The second-order valence-corrected chi connectivity index (χ2v) is 6.27. The molecular weight excluding hydrogens is 347 g/mol. The number of nitrogens with one attached hydrogen (secondary N) is 1. The summed E-state index contributed by atoms with van der Waals surface area (Å²) in [5.74, 6) is -3.42. The number of carbonyl (C=O) groups excluding carboxylic acids is 1. The fraction of sp³-hybridized carbons (Fsp3) is 0.471. The lowest BCUT2D eigenvalue weighted by Gasteiger charge is -2.28. The Bertz CT molecular complexity index is 652. The van der Waals surface area contributed by atoms with Crippen LogP contribution in [0.4, 0.5) is 9.18 Å². The van der Waals surface area contributed by atoms with Crippen molar-refractivity contribution in [2.45, 2.75) is 32.4 Å². The third-order valence-electron chi connectivity index (χ3n) is 3.51. The van der Waals surface area contributed by atoms with Gasteiger partial charge in [-0.05, 0) is 12.0 Å². The molecule has 0 heterocycles. The monoisotopic (exact) mass is 370 g/mol. The number of amides is 2. The van der Waals surface area contributed by atoms with Gasteiger partial charge in [0, 0.05) is 12.1 Å². The smallest absolute Gasteiger partial charge is 0.334 e. The molecule has 9 heteroatoms. The van der Waals surface area contributed by atoms with Gasteiger partial charge in [-0.15, -0.1) is 0 Å². The number of rotatable bonds is 9. The number of halogens is 1. The Labute approximate surface area is 150 Å². The van der Waals surface area contributed by atoms with Crippen molar-refractivity contribution in [3.8, 4) is 0 Å². The largest absolute Gasteiger partial charge is 0.481 e. The van der Waals surface area contributed by atoms with Crippen LogP contribution >= 0.6 is 0 Å². The van der Waals surface area contributed by atoms with Crippen LogP contribution in [0, 0.1) is 11.7 Å². The highest BCUT2D eigenvalue weighted by Gasteiger charge is 2.27. The predicted octanol–water partition coefficient (Wildman–Crippen LogP) is 1.45. The minimum absolute atomic E-state index is 0.00605. The van der Waals surface area contributed by atoms with E-state index in [1.54, 1.807) is 13.8 Å². The van der Waals surface area contributed by atoms with Crippen LogP contribution in [-0.2, 0) is 9.59 Å². The zero-order valence-corrected chi connectivity index (χ0v) is 14.6. The molecule has 4 N–H and O–H groups in total. The first kappa shape index (κ1) is 21.4. The molecular formula is C17H23FN2O6. The standard InChI is InChI=1S/C17H23FN2O6/c1-10(2)8-20(9-14(21)16(24)25)17(26)19-13(7-15(22)23)11-5-3-4-6-12(11)18/h3-6,10,13-14,21H,7-9H2,1-2H3,(H,19,26)(H,22,23)(H,24,25). The molecule has 0 aliphatic carbocycles. The van der Waals surface area contributed by atoms with Gasteiger partial charge in [-0.25, -0.2) is 14.0 Å². The van der Waals surface area contributed by atoms with Crippen molar-refractivity contribution >= 4 is 18.0 Å². The number of carboxylic acids is 2. The molecule has 0 aliphatic rings. The van der Waals surface area contributed by atoms with Crippen LogP contribution in [0.3, 0.4) is 0 Å². The van der Waals surface area contributed by atoms with Crippen LogP contribution in [0.5, 0.6) is 0 Å². The topological polar surface area (TPSA) is 127 Å². The molecule has 1 aromatic rings. The molecule has 8 nitrogen and oxygen atoms in total. The number of aliphatic hydroxyl groups excluding tert-OH is 1. The molecule has 2 amide bonds. The van der Waals surface area contributed by atoms with Gasteiger partial charge in [-0.1, -0.05) is 32.0 Å². The number of aliphatic carboxylic acids is 2. The highest BCUT2D eigenvalue weighted by atomic mass is 19.1. The molecule has 1 rings (SSSR count). The Kier molecular flexibility index (Phi) is 7.98. The summed E-state index contributed by atoms with van der Waals surface area (Å²) in [6, 6.07) is 3.54. The van der Waals surface area contributed by atoms with E-state index >= 15 is 0 Å². The first-order valence-corrected chi connectivity index (χ1v) is 8.04. The first-order valence-electron chi connectivity index (χ1n) is 8.04. The minimum Gasteiger partial charge on any atom is -0.481 e. The fourth-order valence-electron chi connectivity index (χ4n) is 2.38. The molecule has 144 valence electrons. The van der Waals surface area contributed by atoms with Gasteiger partial charge >= 0.3 is 18.0 Å². The van der Waals surface area contributed by atoms with E-state index in [9.17, 15) is 23.9 Å². The number of hydrogen-bond donors (Lipinski definition) is 4. The van der Waals surface area contributed by atoms with Crippen LogP contribution in [0.1, 0.15) is 31.9 Å². The molecule has 0 spiro atoms. The van der Waals surface area contributed by atoms with Crippen LogP contribution in [0.15, 0.2) is 24.3 Å². The van der Waals surface area contributed by atoms with Crippen molar-refractivity contribution in [1.29, 1.82) is 0 Å². The summed E-state index contributed by atoms with van der Waals surface area (Å²) in [5.41, 5.74) is 0.00605. The van der Waals surface area contributed by atoms with E-state index in [-0.39, 0.29) is 18.0 Å². The maximum atomic E-state index is 14.0. The van der Waals surface area contributed by atoms with Gasteiger partial charge in [-0.3, -0.25) is 4.79 Å². The summed E-state index contributed by atoms with van der Waals surface area (Å²) in [5, 5.41) is 29.8. The number of hydrogen-bond acceptors (Lipinski definition) is 4. The average Bonchev–Trinajstić information content (AvgIpc) is 2.52. The lowest BCUT2D eigenvalue weighted by molar-refractivity contribution is -0.147. The Morgan fingerprint density at radius 3 is 2.27 bits per heavy atom. The summed E-state index contributed by atoms with van der Waals surface area (Å²) < 4.78 is 14.0. The molecule has 0 saturated carbocycles. The molecule has 0 radical (unpaired) electrons. The fourth-order valence-corrected chi connectivity index (χ4v) is 2.38. The molecule has 0 aromatic heterocycles. The summed E-state index contributed by atoms with van der Waals surface area (Å²) >= 11 is 0. The second-order valence-electron chi connectivity index (χ2n) is 6.27. The van der Waals surface area contributed by atoms with Gasteiger partial charge in [0.2, 0.25) is 0 Å². The van der Waals surface area contributed by atoms with E-state index in [1.165, 1.54) is 18.2 Å². The van der Waals surface area contributed by atoms with Crippen molar-refractivity contribution < 1.29 is 34.1 Å². The molecule has 0 bridgehead atoms. The third-order valence-corrected chi connectivity index (χ3v) is 3.51. The van der Waals surface area contributed by atoms with Crippen molar-refractivity contribution in [2.75, 3.05) is 13.1 Å². The summed E-state index contributed by atoms with van der Waals surface area (Å²) in [6.07, 6.45) is -2.34. The quantitative estimate of drug-likeness (QED) is 0.521. The van der Waals surface area contributed by atoms with Gasteiger partial charge in [0.15, 0.2) is 6.10 Å². The number of urea groups is 1. The zero-order chi connectivity index (χ0) is 19.9. The Morgan fingerprint density at radius 1 is 1.15 bits per heavy atom. The van der Waals surface area contributed by atoms with Gasteiger partial charge in [-0.2, -0.15) is 0 Å². The Morgan fingerprint density at radius 2 is 1.77 bits per heavy atom. The van der Waals surface area contributed by atoms with E-state index in [0.29, 0.717) is 0 Å². The van der Waals surface area contributed by atoms with Gasteiger partial charge in [0.1, 0.15) is 5.82 Å². The van der Waals surface area contributed by atoms with Crippen molar-refractivity contribution in [3.05, 3.63) is 35.6 Å². The molecule has 2 atom stereocenters. The van der Waals surface area contributed by atoms with Crippen LogP contribution in [0.25, 0.3) is 0 Å². The Hall–Kier alpha value is -2.68. The van der Waals surface area contributed by atoms with Gasteiger partial charge in [0.25, 0.3) is 0 Å². The number of nitrogens with zero attached hydrogens (tertiary/aromatic N) is 1. The van der Waals surface area contributed by atoms with E-state index in [1.807, 2.05) is 0 Å². The van der Waals surface area contributed by atoms with E-state index in [0.717, 1.165) is 11.0 Å². The molecule has 0 fully saturated rings. The van der Waals surface area contributed by atoms with E-state index in [2.05, 4.69) is 5.32 Å². The highest BCUT2D eigenvalue weighted by molar-refractivity contribution is 5.78. The second kappa shape index (κ2) is 9.71. The number of aliphatic hydroxyl groups is 1. The third kappa shape index (κ3) is 6.67. The molecule has 1 aromatic carbocycles. The van der Waals surface area contributed by atoms with Crippen LogP contribution < -0.4 is 5.32 Å². The van der Waals surface area contributed by atoms with Crippen molar-refractivity contribution in [2.24, 2.45) is 5.92 Å². The van der Waals surface area contributed by atoms with E-state index < -0.39 is 48.9 Å². The van der Waals surface area contributed by atoms with Gasteiger partial charge < -0.3 is 25.5 Å². The zero-order valence-electron chi connectivity index (χ0n) is 14.6. The number of benzene rings is 1. The van der Waals surface area contributed by atoms with Gasteiger partial charge in [0.05, 0.1) is 19.0 Å². The lowest BCUT2D eigenvalue weighted by Crippen LogP contribution is -2.48.